The molecule has 78 valence electrons. The minimum absolute atomic E-state index is 0.0913. The third kappa shape index (κ3) is 2.30. The average molecular weight is 214 g/mol. The van der Waals surface area contributed by atoms with Gasteiger partial charge in [-0.05, 0) is 20.9 Å². The van der Waals surface area contributed by atoms with Gasteiger partial charge in [-0.15, -0.1) is 11.3 Å². The molecule has 0 amide bonds. The monoisotopic (exact) mass is 214 g/mol. The Hall–Kier alpha value is -0.940. The van der Waals surface area contributed by atoms with Crippen molar-refractivity contribution in [1.29, 1.82) is 0 Å². The van der Waals surface area contributed by atoms with Crippen LogP contribution in [-0.4, -0.2) is 34.0 Å². The van der Waals surface area contributed by atoms with E-state index >= 15 is 0 Å². The fourth-order valence-electron chi connectivity index (χ4n) is 1.14. The van der Waals surface area contributed by atoms with E-state index in [9.17, 15) is 4.79 Å². The summed E-state index contributed by atoms with van der Waals surface area (Å²) in [6, 6.07) is -0.388. The van der Waals surface area contributed by atoms with E-state index in [1.54, 1.807) is 30.0 Å². The van der Waals surface area contributed by atoms with Gasteiger partial charge in [-0.3, -0.25) is 14.7 Å². The average Bonchev–Trinajstić information content (AvgIpc) is 2.67. The molecule has 1 heterocycles. The molecule has 0 radical (unpaired) electrons. The van der Waals surface area contributed by atoms with Crippen LogP contribution in [0.3, 0.4) is 0 Å². The van der Waals surface area contributed by atoms with Gasteiger partial charge in [0.05, 0.1) is 5.51 Å². The Bertz CT molecular complexity index is 300. The zero-order valence-corrected chi connectivity index (χ0v) is 9.28. The molecule has 1 rings (SSSR count). The minimum Gasteiger partial charge on any atom is -0.480 e. The van der Waals surface area contributed by atoms with Gasteiger partial charge in [0.15, 0.2) is 0 Å². The van der Waals surface area contributed by atoms with E-state index < -0.39 is 12.0 Å². The number of carbonyl (C=O) groups is 1. The molecule has 1 aromatic rings. The lowest BCUT2D eigenvalue weighted by atomic mass is 10.2. The second-order valence-corrected chi connectivity index (χ2v) is 4.18. The van der Waals surface area contributed by atoms with Gasteiger partial charge in [-0.2, -0.15) is 0 Å². The zero-order valence-electron chi connectivity index (χ0n) is 8.47. The molecular formula is C9H14N2O2S. The van der Waals surface area contributed by atoms with E-state index in [1.807, 2.05) is 18.9 Å². The number of likely N-dealkylation sites (N-methyl/N-ethyl adjacent to an activating group) is 1. The molecular weight excluding hydrogens is 200 g/mol. The van der Waals surface area contributed by atoms with Crippen LogP contribution in [0, 0.1) is 0 Å². The van der Waals surface area contributed by atoms with Crippen molar-refractivity contribution in [3.8, 4) is 0 Å². The predicted octanol–water partition coefficient (Wildman–Crippen LogP) is 1.61. The summed E-state index contributed by atoms with van der Waals surface area (Å²) in [4.78, 5) is 17.6. The maximum atomic E-state index is 10.8. The van der Waals surface area contributed by atoms with Crippen LogP contribution in [0.25, 0.3) is 0 Å². The fraction of sp³-hybridized carbons (Fsp3) is 0.556. The summed E-state index contributed by atoms with van der Waals surface area (Å²) < 4.78 is 0. The molecule has 4 nitrogen and oxygen atoms in total. The van der Waals surface area contributed by atoms with Crippen molar-refractivity contribution in [2.24, 2.45) is 0 Å². The summed E-state index contributed by atoms with van der Waals surface area (Å²) in [5.74, 6) is -0.802. The maximum Gasteiger partial charge on any atom is 0.320 e. The number of hydrogen-bond donors (Lipinski definition) is 1. The number of carboxylic acids is 1. The summed E-state index contributed by atoms with van der Waals surface area (Å²) in [5, 5.41) is 8.84. The molecule has 14 heavy (non-hydrogen) atoms. The SMILES string of the molecule is CC(C(=O)O)N(C)C(C)c1cncs1. The Morgan fingerprint density at radius 2 is 2.29 bits per heavy atom. The lowest BCUT2D eigenvalue weighted by Gasteiger charge is -2.26. The number of aromatic nitrogens is 1. The van der Waals surface area contributed by atoms with Gasteiger partial charge >= 0.3 is 5.97 Å². The third-order valence-corrected chi connectivity index (χ3v) is 3.39. The standard InChI is InChI=1S/C9H14N2O2S/c1-6(8-4-10-5-14-8)11(3)7(2)9(12)13/h4-7H,1-3H3,(H,12,13). The highest BCUT2D eigenvalue weighted by Gasteiger charge is 2.23. The summed E-state index contributed by atoms with van der Waals surface area (Å²) >= 11 is 1.54. The molecule has 1 aromatic heterocycles. The lowest BCUT2D eigenvalue weighted by Crippen LogP contribution is -2.37. The van der Waals surface area contributed by atoms with Crippen LogP contribution in [0.4, 0.5) is 0 Å². The Morgan fingerprint density at radius 3 is 2.71 bits per heavy atom. The molecule has 0 spiro atoms. The minimum atomic E-state index is -0.802. The lowest BCUT2D eigenvalue weighted by molar-refractivity contribution is -0.142. The van der Waals surface area contributed by atoms with Crippen molar-refractivity contribution in [2.75, 3.05) is 7.05 Å². The molecule has 0 saturated carbocycles. The van der Waals surface area contributed by atoms with E-state index in [1.165, 1.54) is 0 Å². The van der Waals surface area contributed by atoms with Crippen LogP contribution in [0.2, 0.25) is 0 Å². The van der Waals surface area contributed by atoms with Gasteiger partial charge in [0.2, 0.25) is 0 Å². The normalized spacial score (nSPS) is 15.4. The van der Waals surface area contributed by atoms with Crippen molar-refractivity contribution in [3.05, 3.63) is 16.6 Å². The van der Waals surface area contributed by atoms with Gasteiger partial charge in [-0.25, -0.2) is 0 Å². The summed E-state index contributed by atoms with van der Waals surface area (Å²) in [7, 11) is 1.81. The smallest absolute Gasteiger partial charge is 0.320 e. The quantitative estimate of drug-likeness (QED) is 0.827. The Morgan fingerprint density at radius 1 is 1.64 bits per heavy atom. The van der Waals surface area contributed by atoms with Crippen molar-refractivity contribution >= 4 is 17.3 Å². The Labute approximate surface area is 87.2 Å². The summed E-state index contributed by atoms with van der Waals surface area (Å²) in [6.45, 7) is 3.66. The van der Waals surface area contributed by atoms with Crippen LogP contribution < -0.4 is 0 Å². The Balaban J connectivity index is 2.70. The maximum absolute atomic E-state index is 10.8. The van der Waals surface area contributed by atoms with Crippen LogP contribution in [0.15, 0.2) is 11.7 Å². The van der Waals surface area contributed by atoms with E-state index in [-0.39, 0.29) is 6.04 Å². The van der Waals surface area contributed by atoms with Gasteiger partial charge in [0, 0.05) is 17.1 Å². The topological polar surface area (TPSA) is 53.4 Å². The van der Waals surface area contributed by atoms with Gasteiger partial charge in [0.25, 0.3) is 0 Å². The van der Waals surface area contributed by atoms with Crippen LogP contribution >= 0.6 is 11.3 Å². The van der Waals surface area contributed by atoms with Crippen LogP contribution in [0.5, 0.6) is 0 Å². The van der Waals surface area contributed by atoms with Gasteiger partial charge in [0.1, 0.15) is 6.04 Å². The Kier molecular flexibility index (Phi) is 3.60. The molecule has 2 atom stereocenters. The first-order chi connectivity index (χ1) is 6.54. The molecule has 0 saturated heterocycles. The predicted molar refractivity (Wildman–Crippen MR) is 55.4 cm³/mol. The van der Waals surface area contributed by atoms with Crippen molar-refractivity contribution in [1.82, 2.24) is 9.88 Å². The van der Waals surface area contributed by atoms with Gasteiger partial charge in [-0.1, -0.05) is 0 Å². The summed E-state index contributed by atoms with van der Waals surface area (Å²) in [6.07, 6.45) is 1.78. The van der Waals surface area contributed by atoms with E-state index in [0.717, 1.165) is 4.88 Å². The van der Waals surface area contributed by atoms with Crippen LogP contribution in [0.1, 0.15) is 24.8 Å². The second-order valence-electron chi connectivity index (χ2n) is 3.26. The van der Waals surface area contributed by atoms with Crippen LogP contribution in [-0.2, 0) is 4.79 Å². The zero-order chi connectivity index (χ0) is 10.7. The van der Waals surface area contributed by atoms with E-state index in [0.29, 0.717) is 0 Å². The molecule has 0 aliphatic heterocycles. The number of hydrogen-bond acceptors (Lipinski definition) is 4. The molecule has 1 N–H and O–H groups in total. The first-order valence-electron chi connectivity index (χ1n) is 4.37. The summed E-state index contributed by atoms with van der Waals surface area (Å²) in [5.41, 5.74) is 1.76. The first kappa shape index (κ1) is 11.1. The van der Waals surface area contributed by atoms with Gasteiger partial charge < -0.3 is 5.11 Å². The third-order valence-electron chi connectivity index (χ3n) is 2.44. The molecule has 0 bridgehead atoms. The number of carboxylic acid groups (broad SMARTS) is 1. The van der Waals surface area contributed by atoms with Crippen molar-refractivity contribution in [2.45, 2.75) is 25.9 Å². The van der Waals surface area contributed by atoms with E-state index in [4.69, 9.17) is 5.11 Å². The molecule has 0 fully saturated rings. The molecule has 0 aliphatic carbocycles. The largest absolute Gasteiger partial charge is 0.480 e. The number of thiazole rings is 1. The second kappa shape index (κ2) is 4.52. The number of aliphatic carboxylic acids is 1. The highest BCUT2D eigenvalue weighted by atomic mass is 32.1. The molecule has 5 heteroatoms. The van der Waals surface area contributed by atoms with Crippen molar-refractivity contribution < 1.29 is 9.90 Å². The molecule has 0 aliphatic rings. The highest BCUT2D eigenvalue weighted by molar-refractivity contribution is 7.09. The van der Waals surface area contributed by atoms with Crippen molar-refractivity contribution in [3.63, 3.8) is 0 Å². The molecule has 2 unspecified atom stereocenters. The fourth-order valence-corrected chi connectivity index (χ4v) is 1.87. The highest BCUT2D eigenvalue weighted by Crippen LogP contribution is 2.23. The number of rotatable bonds is 4. The van der Waals surface area contributed by atoms with E-state index in [2.05, 4.69) is 4.98 Å². The first-order valence-corrected chi connectivity index (χ1v) is 5.25. The number of nitrogens with zero attached hydrogens (tertiary/aromatic N) is 2. The molecule has 0 aromatic carbocycles.